The van der Waals surface area contributed by atoms with E-state index in [-0.39, 0.29) is 36.0 Å². The van der Waals surface area contributed by atoms with E-state index < -0.39 is 39.1 Å². The number of esters is 1. The van der Waals surface area contributed by atoms with Crippen molar-refractivity contribution in [2.45, 2.75) is 4.21 Å². The van der Waals surface area contributed by atoms with Crippen LogP contribution in [0.1, 0.15) is 20.7 Å². The van der Waals surface area contributed by atoms with Crippen molar-refractivity contribution in [3.05, 3.63) is 52.4 Å². The number of halogens is 2. The summed E-state index contributed by atoms with van der Waals surface area (Å²) in [6, 6.07) is 4.58. The molecule has 0 radical (unpaired) electrons. The van der Waals surface area contributed by atoms with Crippen LogP contribution in [0.3, 0.4) is 0 Å². The zero-order chi connectivity index (χ0) is 20.5. The number of thiophene rings is 1. The van der Waals surface area contributed by atoms with Crippen molar-refractivity contribution in [2.24, 2.45) is 0 Å². The summed E-state index contributed by atoms with van der Waals surface area (Å²) in [6.45, 7) is 0.0550. The molecule has 3 rings (SSSR count). The first-order valence-corrected chi connectivity index (χ1v) is 10.5. The Morgan fingerprint density at radius 2 is 1.82 bits per heavy atom. The third-order valence-electron chi connectivity index (χ3n) is 4.30. The number of rotatable bonds is 4. The summed E-state index contributed by atoms with van der Waals surface area (Å²) in [5, 5.41) is 1.39. The number of sulfonamides is 1. The van der Waals surface area contributed by atoms with Gasteiger partial charge in [-0.2, -0.15) is 4.31 Å². The van der Waals surface area contributed by atoms with Gasteiger partial charge in [0.25, 0.3) is 15.9 Å². The first-order valence-electron chi connectivity index (χ1n) is 8.16. The third kappa shape index (κ3) is 3.77. The highest BCUT2D eigenvalue weighted by atomic mass is 32.2. The Morgan fingerprint density at radius 3 is 2.46 bits per heavy atom. The Balaban J connectivity index is 1.71. The number of amides is 1. The second-order valence-corrected chi connectivity index (χ2v) is 9.02. The predicted octanol–water partition coefficient (Wildman–Crippen LogP) is 1.96. The first kappa shape index (κ1) is 20.4. The molecule has 1 saturated heterocycles. The van der Waals surface area contributed by atoms with Gasteiger partial charge < -0.3 is 9.64 Å². The fraction of sp³-hybridized carbons (Fsp3) is 0.294. The van der Waals surface area contributed by atoms with E-state index in [9.17, 15) is 26.8 Å². The number of ether oxygens (including phenoxy) is 1. The molecule has 150 valence electrons. The minimum absolute atomic E-state index is 0.00351. The largest absolute Gasteiger partial charge is 0.465 e. The van der Waals surface area contributed by atoms with Gasteiger partial charge in [0.05, 0.1) is 18.2 Å². The van der Waals surface area contributed by atoms with Crippen LogP contribution in [-0.4, -0.2) is 62.8 Å². The number of hydrogen-bond acceptors (Lipinski definition) is 6. The van der Waals surface area contributed by atoms with Gasteiger partial charge in [-0.3, -0.25) is 4.79 Å². The molecule has 1 fully saturated rings. The van der Waals surface area contributed by atoms with Crippen LogP contribution >= 0.6 is 11.3 Å². The lowest BCUT2D eigenvalue weighted by Crippen LogP contribution is -2.50. The summed E-state index contributed by atoms with van der Waals surface area (Å²) in [7, 11) is -2.64. The van der Waals surface area contributed by atoms with Crippen molar-refractivity contribution in [1.29, 1.82) is 0 Å². The maximum absolute atomic E-state index is 13.8. The van der Waals surface area contributed by atoms with E-state index >= 15 is 0 Å². The van der Waals surface area contributed by atoms with E-state index in [1.807, 2.05) is 0 Å². The molecule has 2 aromatic rings. The van der Waals surface area contributed by atoms with E-state index in [1.54, 1.807) is 0 Å². The number of methoxy groups -OCH3 is 1. The maximum Gasteiger partial charge on any atom is 0.338 e. The molecule has 1 aromatic carbocycles. The number of nitrogens with zero attached hydrogens (tertiary/aromatic N) is 2. The number of benzene rings is 1. The van der Waals surface area contributed by atoms with Crippen molar-refractivity contribution in [1.82, 2.24) is 9.21 Å². The van der Waals surface area contributed by atoms with Crippen LogP contribution in [0.2, 0.25) is 0 Å². The lowest BCUT2D eigenvalue weighted by Gasteiger charge is -2.33. The molecule has 11 heteroatoms. The molecule has 0 bridgehead atoms. The summed E-state index contributed by atoms with van der Waals surface area (Å²) in [4.78, 5) is 25.2. The molecule has 0 atom stereocenters. The van der Waals surface area contributed by atoms with Gasteiger partial charge in [0.2, 0.25) is 0 Å². The standard InChI is InChI=1S/C17H16F2N2O5S2/c1-26-17(23)11-9-14(27-10-11)28(24,25)21-7-5-20(6-8-21)16(22)12-3-2-4-13(18)15(12)19/h2-4,9-10H,5-8H2,1H3. The average Bonchev–Trinajstić information content (AvgIpc) is 3.20. The molecule has 28 heavy (non-hydrogen) atoms. The predicted molar refractivity (Wildman–Crippen MR) is 96.7 cm³/mol. The van der Waals surface area contributed by atoms with Crippen molar-refractivity contribution in [2.75, 3.05) is 33.3 Å². The molecule has 1 aromatic heterocycles. The van der Waals surface area contributed by atoms with E-state index in [0.717, 1.165) is 17.4 Å². The number of carbonyl (C=O) groups excluding carboxylic acids is 2. The maximum atomic E-state index is 13.8. The summed E-state index contributed by atoms with van der Waals surface area (Å²) in [5.41, 5.74) is -0.251. The van der Waals surface area contributed by atoms with Gasteiger partial charge in [0.1, 0.15) is 4.21 Å². The Bertz CT molecular complexity index is 1010. The Kier molecular flexibility index (Phi) is 5.77. The summed E-state index contributed by atoms with van der Waals surface area (Å²) < 4.78 is 58.4. The van der Waals surface area contributed by atoms with Crippen LogP contribution < -0.4 is 0 Å². The van der Waals surface area contributed by atoms with E-state index in [2.05, 4.69) is 4.74 Å². The molecule has 0 unspecified atom stereocenters. The van der Waals surface area contributed by atoms with Gasteiger partial charge in [0.15, 0.2) is 11.6 Å². The second-order valence-electron chi connectivity index (χ2n) is 5.94. The summed E-state index contributed by atoms with van der Waals surface area (Å²) >= 11 is 0.899. The molecular weight excluding hydrogens is 414 g/mol. The van der Waals surface area contributed by atoms with Crippen LogP contribution in [0.15, 0.2) is 33.9 Å². The number of carbonyl (C=O) groups is 2. The van der Waals surface area contributed by atoms with Gasteiger partial charge in [-0.25, -0.2) is 22.0 Å². The van der Waals surface area contributed by atoms with E-state index in [0.29, 0.717) is 0 Å². The molecule has 0 spiro atoms. The summed E-state index contributed by atoms with van der Waals surface area (Å²) in [5.74, 6) is -3.67. The van der Waals surface area contributed by atoms with Crippen molar-refractivity contribution in [3.63, 3.8) is 0 Å². The number of piperazine rings is 1. The minimum atomic E-state index is -3.84. The van der Waals surface area contributed by atoms with Crippen LogP contribution in [-0.2, 0) is 14.8 Å². The monoisotopic (exact) mass is 430 g/mol. The Labute approximate surface area is 164 Å². The van der Waals surface area contributed by atoms with Crippen LogP contribution in [0.5, 0.6) is 0 Å². The highest BCUT2D eigenvalue weighted by Gasteiger charge is 2.32. The molecular formula is C17H16F2N2O5S2. The van der Waals surface area contributed by atoms with Crippen LogP contribution in [0, 0.1) is 11.6 Å². The average molecular weight is 430 g/mol. The quantitative estimate of drug-likeness (QED) is 0.693. The highest BCUT2D eigenvalue weighted by molar-refractivity contribution is 7.91. The third-order valence-corrected chi connectivity index (χ3v) is 7.61. The van der Waals surface area contributed by atoms with E-state index in [1.165, 1.54) is 39.9 Å². The normalized spacial score (nSPS) is 15.5. The lowest BCUT2D eigenvalue weighted by molar-refractivity contribution is 0.0600. The summed E-state index contributed by atoms with van der Waals surface area (Å²) in [6.07, 6.45) is 0. The molecule has 0 aliphatic carbocycles. The van der Waals surface area contributed by atoms with Gasteiger partial charge in [-0.15, -0.1) is 11.3 Å². The molecule has 0 N–H and O–H groups in total. The van der Waals surface area contributed by atoms with E-state index in [4.69, 9.17) is 0 Å². The molecule has 2 heterocycles. The molecule has 1 aliphatic rings. The number of hydrogen-bond donors (Lipinski definition) is 0. The van der Waals surface area contributed by atoms with Gasteiger partial charge in [-0.1, -0.05) is 6.07 Å². The molecule has 1 aliphatic heterocycles. The first-order chi connectivity index (χ1) is 13.3. The van der Waals surface area contributed by atoms with Crippen molar-refractivity contribution in [3.8, 4) is 0 Å². The van der Waals surface area contributed by atoms with Gasteiger partial charge >= 0.3 is 5.97 Å². The molecule has 7 nitrogen and oxygen atoms in total. The lowest BCUT2D eigenvalue weighted by atomic mass is 10.1. The van der Waals surface area contributed by atoms with Gasteiger partial charge in [0, 0.05) is 31.6 Å². The van der Waals surface area contributed by atoms with Gasteiger partial charge in [-0.05, 0) is 18.2 Å². The Hall–Kier alpha value is -2.37. The second kappa shape index (κ2) is 7.94. The Morgan fingerprint density at radius 1 is 1.14 bits per heavy atom. The smallest absolute Gasteiger partial charge is 0.338 e. The zero-order valence-electron chi connectivity index (χ0n) is 14.7. The van der Waals surface area contributed by atoms with Crippen molar-refractivity contribution >= 4 is 33.2 Å². The highest BCUT2D eigenvalue weighted by Crippen LogP contribution is 2.25. The van der Waals surface area contributed by atoms with Crippen LogP contribution in [0.4, 0.5) is 8.78 Å². The molecule has 1 amide bonds. The van der Waals surface area contributed by atoms with Crippen LogP contribution in [0.25, 0.3) is 0 Å². The fourth-order valence-electron chi connectivity index (χ4n) is 2.77. The minimum Gasteiger partial charge on any atom is -0.465 e. The topological polar surface area (TPSA) is 84.0 Å². The van der Waals surface area contributed by atoms with Crippen molar-refractivity contribution < 1.29 is 31.5 Å². The zero-order valence-corrected chi connectivity index (χ0v) is 16.4. The SMILES string of the molecule is COC(=O)c1csc(S(=O)(=O)N2CCN(C(=O)c3cccc(F)c3F)CC2)c1. The molecule has 0 saturated carbocycles. The fourth-order valence-corrected chi connectivity index (χ4v) is 5.50.